The lowest BCUT2D eigenvalue weighted by molar-refractivity contribution is -0.127. The summed E-state index contributed by atoms with van der Waals surface area (Å²) in [6.45, 7) is 16.7. The fraction of sp³-hybridized carbons (Fsp3) is 0.889. The van der Waals surface area contributed by atoms with Crippen LogP contribution in [0.25, 0.3) is 0 Å². The van der Waals surface area contributed by atoms with E-state index in [9.17, 15) is 45.6 Å². The van der Waals surface area contributed by atoms with Gasteiger partial charge in [-0.1, -0.05) is 95.5 Å². The average molecular weight is 1220 g/mol. The van der Waals surface area contributed by atoms with Gasteiger partial charge in [0, 0.05) is 153 Å². The highest BCUT2D eigenvalue weighted by atomic mass is 32.2. The van der Waals surface area contributed by atoms with Crippen LogP contribution in [0.2, 0.25) is 0 Å². The van der Waals surface area contributed by atoms with Gasteiger partial charge in [-0.15, -0.1) is 0 Å². The van der Waals surface area contributed by atoms with E-state index in [1.807, 2.05) is 46.8 Å². The van der Waals surface area contributed by atoms with Crippen LogP contribution in [-0.4, -0.2) is 318 Å². The molecule has 0 bridgehead atoms. The third kappa shape index (κ3) is 135. The van der Waals surface area contributed by atoms with Crippen LogP contribution in [0.3, 0.4) is 0 Å². The van der Waals surface area contributed by atoms with E-state index in [0.29, 0.717) is 13.1 Å². The third-order valence-corrected chi connectivity index (χ3v) is 10.1. The van der Waals surface area contributed by atoms with Gasteiger partial charge in [0.15, 0.2) is 0 Å². The first-order valence-electron chi connectivity index (χ1n) is 21.6. The number of carbonyl (C=O) groups is 6. The van der Waals surface area contributed by atoms with Crippen molar-refractivity contribution in [2.75, 3.05) is 207 Å². The number of carbonyl (C=O) groups excluding carboxylic acids is 6. The van der Waals surface area contributed by atoms with Crippen molar-refractivity contribution in [1.82, 2.24) is 57.6 Å². The number of ether oxygens (including phenoxy) is 2. The summed E-state index contributed by atoms with van der Waals surface area (Å²) in [6.07, 6.45) is 1.75. The van der Waals surface area contributed by atoms with Crippen molar-refractivity contribution in [3.8, 4) is 0 Å². The van der Waals surface area contributed by atoms with Gasteiger partial charge in [-0.25, -0.2) is 44.6 Å². The molecule has 0 heterocycles. The van der Waals surface area contributed by atoms with Gasteiger partial charge in [0.25, 0.3) is 0 Å². The molecular formula is C54H150N12O12S2. The van der Waals surface area contributed by atoms with Crippen molar-refractivity contribution in [1.29, 1.82) is 0 Å². The van der Waals surface area contributed by atoms with Crippen LogP contribution in [0.1, 0.15) is 130 Å². The molecule has 0 aliphatic carbocycles. The van der Waals surface area contributed by atoms with Crippen LogP contribution < -0.4 is 0 Å². The topological polar surface area (TPSA) is 228 Å². The van der Waals surface area contributed by atoms with Crippen molar-refractivity contribution in [2.24, 2.45) is 0 Å². The van der Waals surface area contributed by atoms with Gasteiger partial charge in [0.2, 0.25) is 31.9 Å². The second kappa shape index (κ2) is 86.0. The minimum Gasteiger partial charge on any atom is -0.453 e. The van der Waals surface area contributed by atoms with Crippen molar-refractivity contribution in [3.05, 3.63) is 0 Å². The molecule has 0 spiro atoms. The van der Waals surface area contributed by atoms with Gasteiger partial charge in [-0.3, -0.25) is 9.59 Å². The SMILES string of the molecule is C.C.C.C.C.C.C.C.C.C.C.CC(=O)N(C)C.CCN(C)C.CCN(C)C(=O)N(C)C.CCN(C)C(=O)OC.CCN(C)C(C)=O.CCN(C)S(C)(=O)=O.CN(C)C.CN(C)C(=O)N(C)C.CN(C)S(C)(=O)=O.COC(=O)N(C)C. The maximum Gasteiger partial charge on any atom is 0.409 e. The maximum atomic E-state index is 10.9. The number of urea groups is 2. The molecule has 80 heavy (non-hydrogen) atoms. The van der Waals surface area contributed by atoms with E-state index in [4.69, 9.17) is 0 Å². The monoisotopic (exact) mass is 1220 g/mol. The molecule has 0 fully saturated rings. The van der Waals surface area contributed by atoms with Crippen LogP contribution in [0.5, 0.6) is 0 Å². The molecule has 0 aromatic carbocycles. The Bertz CT molecular complexity index is 1480. The molecule has 0 saturated carbocycles. The summed E-state index contributed by atoms with van der Waals surface area (Å²) in [5, 5.41) is 0. The normalized spacial score (nSPS) is 8.10. The lowest BCUT2D eigenvalue weighted by atomic mass is 10.6. The smallest absolute Gasteiger partial charge is 0.409 e. The van der Waals surface area contributed by atoms with Crippen LogP contribution in [-0.2, 0) is 39.1 Å². The number of hydrogen-bond donors (Lipinski definition) is 0. The second-order valence-electron chi connectivity index (χ2n) is 16.0. The average Bonchev–Trinajstić information content (AvgIpc) is 3.24. The van der Waals surface area contributed by atoms with Gasteiger partial charge in [-0.05, 0) is 62.6 Å². The van der Waals surface area contributed by atoms with Gasteiger partial charge in [0.05, 0.1) is 26.7 Å². The van der Waals surface area contributed by atoms with Crippen molar-refractivity contribution in [3.63, 3.8) is 0 Å². The van der Waals surface area contributed by atoms with Crippen molar-refractivity contribution in [2.45, 2.75) is 130 Å². The molecule has 0 rings (SSSR count). The number of methoxy groups -OCH3 is 2. The van der Waals surface area contributed by atoms with Crippen LogP contribution in [0.4, 0.5) is 19.2 Å². The maximum absolute atomic E-state index is 10.9. The minimum absolute atomic E-state index is 0. The molecule has 510 valence electrons. The lowest BCUT2D eigenvalue weighted by Crippen LogP contribution is -2.35. The van der Waals surface area contributed by atoms with Crippen LogP contribution >= 0.6 is 0 Å². The summed E-state index contributed by atoms with van der Waals surface area (Å²) in [4.78, 5) is 79.1. The summed E-state index contributed by atoms with van der Waals surface area (Å²) < 4.78 is 52.6. The number of rotatable bonds is 7. The number of hydrogen-bond acceptors (Lipinski definition) is 14. The summed E-state index contributed by atoms with van der Waals surface area (Å²) in [5.74, 6) is 0.220. The van der Waals surface area contributed by atoms with Gasteiger partial charge in [0.1, 0.15) is 0 Å². The molecular weight excluding hydrogens is 1070 g/mol. The Kier molecular flexibility index (Phi) is 152. The molecule has 0 aromatic rings. The highest BCUT2D eigenvalue weighted by Crippen LogP contribution is 1.90. The molecule has 0 unspecified atom stereocenters. The largest absolute Gasteiger partial charge is 0.453 e. The van der Waals surface area contributed by atoms with Crippen LogP contribution in [0, 0.1) is 0 Å². The van der Waals surface area contributed by atoms with E-state index in [1.54, 1.807) is 127 Å². The molecule has 0 atom stereocenters. The highest BCUT2D eigenvalue weighted by Gasteiger charge is 2.07. The number of amides is 8. The van der Waals surface area contributed by atoms with Gasteiger partial charge in [-0.2, -0.15) is 0 Å². The highest BCUT2D eigenvalue weighted by molar-refractivity contribution is 7.88. The third-order valence-electron chi connectivity index (χ3n) is 7.40. The fourth-order valence-corrected chi connectivity index (χ4v) is 2.27. The van der Waals surface area contributed by atoms with Gasteiger partial charge >= 0.3 is 24.2 Å². The molecule has 24 nitrogen and oxygen atoms in total. The standard InChI is InChI=1S/C6H14N2O.C5H12N2O.C5H11NO2.C5H11NO.C4H11NO2S.C4H9NO2.C4H9NO.C4H11N.C3H9NO2S.C3H9N.11CH4/c1-5-8(4)6(9)7(2)3;1-6(2)5(8)7(3)4;1-4-6(2)5(7)8-3;1-4-6(3)5(2)7;1-4-5(2)8(3,6)7;1-5(2)4(6)7-3;1-4(6)5(2)3;1-4-5(2)3;1-4(2)7(3,5)6;1-4(2)3;;;;;;;;;;;/h5H2,1-4H3;1-4H3;4H2,1-3H3;4H2,1-3H3;4H2,1-3H3;1-3H3;1-3H3;4H2,1-3H3;1-3H3;1-3H3;11*1H4. The quantitative estimate of drug-likeness (QED) is 0.231. The van der Waals surface area contributed by atoms with E-state index < -0.39 is 20.0 Å². The molecule has 8 amide bonds. The molecule has 0 aliphatic heterocycles. The van der Waals surface area contributed by atoms with E-state index in [-0.39, 0.29) is 118 Å². The summed E-state index contributed by atoms with van der Waals surface area (Å²) in [6, 6.07) is 0.0718. The Morgan fingerprint density at radius 2 is 0.562 bits per heavy atom. The lowest BCUT2D eigenvalue weighted by Gasteiger charge is -2.19. The Balaban J connectivity index is -0.0000000252. The summed E-state index contributed by atoms with van der Waals surface area (Å²) >= 11 is 0. The molecule has 0 saturated heterocycles. The number of sulfonamides is 2. The molecule has 26 heteroatoms. The minimum atomic E-state index is -2.92. The Labute approximate surface area is 504 Å². The molecule has 0 aromatic heterocycles. The van der Waals surface area contributed by atoms with E-state index >= 15 is 0 Å². The molecule has 0 N–H and O–H groups in total. The Hall–Kier alpha value is -4.24. The Morgan fingerprint density at radius 1 is 0.338 bits per heavy atom. The molecule has 0 radical (unpaired) electrons. The first kappa shape index (κ1) is 141. The van der Waals surface area contributed by atoms with Crippen molar-refractivity contribution >= 4 is 56.1 Å². The first-order chi connectivity index (χ1) is 30.8. The summed E-state index contributed by atoms with van der Waals surface area (Å²) in [5.41, 5.74) is 0. The van der Waals surface area contributed by atoms with E-state index in [0.717, 1.165) is 30.2 Å². The first-order valence-corrected chi connectivity index (χ1v) is 25.3. The zero-order valence-corrected chi connectivity index (χ0v) is 51.3. The van der Waals surface area contributed by atoms with E-state index in [1.165, 1.54) is 70.3 Å². The predicted molar refractivity (Wildman–Crippen MR) is 360 cm³/mol. The van der Waals surface area contributed by atoms with Crippen molar-refractivity contribution < 1.29 is 55.1 Å². The number of nitrogens with zero attached hydrogens (tertiary/aromatic N) is 12. The summed E-state index contributed by atoms with van der Waals surface area (Å²) in [7, 11) is 33.9. The molecule has 0 aliphatic rings. The van der Waals surface area contributed by atoms with Gasteiger partial charge < -0.3 is 58.5 Å². The van der Waals surface area contributed by atoms with Crippen LogP contribution in [0.15, 0.2) is 0 Å². The second-order valence-corrected chi connectivity index (χ2v) is 20.3. The van der Waals surface area contributed by atoms with E-state index in [2.05, 4.69) is 35.4 Å². The zero-order valence-electron chi connectivity index (χ0n) is 49.6. The Morgan fingerprint density at radius 3 is 0.588 bits per heavy atom. The predicted octanol–water partition coefficient (Wildman–Crippen LogP) is 9.60. The fourth-order valence-electron chi connectivity index (χ4n) is 1.80. The zero-order chi connectivity index (χ0) is 58.3.